The maximum Gasteiger partial charge on any atom is 0.0720 e. The molecule has 1 aromatic carbocycles. The van der Waals surface area contributed by atoms with E-state index in [0.29, 0.717) is 0 Å². The van der Waals surface area contributed by atoms with Crippen molar-refractivity contribution in [3.63, 3.8) is 0 Å². The predicted molar refractivity (Wildman–Crippen MR) is 82.9 cm³/mol. The largest absolute Gasteiger partial charge is 0.376 e. The molecule has 1 atom stereocenters. The van der Waals surface area contributed by atoms with E-state index < -0.39 is 0 Å². The normalized spacial score (nSPS) is 26.4. The Labute approximate surface area is 122 Å². The van der Waals surface area contributed by atoms with Crippen LogP contribution in [0.15, 0.2) is 36.4 Å². The molecule has 108 valence electrons. The first-order valence-corrected chi connectivity index (χ1v) is 7.72. The first-order valence-electron chi connectivity index (χ1n) is 7.72. The fourth-order valence-corrected chi connectivity index (χ4v) is 3.71. The molecule has 0 aromatic heterocycles. The molecule has 0 saturated carbocycles. The number of ether oxygens (including phenoxy) is 1. The highest BCUT2D eigenvalue weighted by atomic mass is 16.5. The minimum Gasteiger partial charge on any atom is -0.376 e. The number of rotatable bonds is 4. The summed E-state index contributed by atoms with van der Waals surface area (Å²) in [6, 6.07) is 8.70. The molecule has 0 aliphatic carbocycles. The summed E-state index contributed by atoms with van der Waals surface area (Å²) in [4.78, 5) is 2.53. The summed E-state index contributed by atoms with van der Waals surface area (Å²) in [6.45, 7) is 11.7. The Balaban J connectivity index is 1.71. The van der Waals surface area contributed by atoms with Gasteiger partial charge in [0.05, 0.1) is 13.2 Å². The van der Waals surface area contributed by atoms with Crippen molar-refractivity contribution < 1.29 is 4.74 Å². The smallest absolute Gasteiger partial charge is 0.0720 e. The van der Waals surface area contributed by atoms with Crippen LogP contribution in [0.4, 0.5) is 0 Å². The van der Waals surface area contributed by atoms with Gasteiger partial charge in [-0.05, 0) is 43.5 Å². The maximum absolute atomic E-state index is 5.83. The molecule has 1 saturated heterocycles. The van der Waals surface area contributed by atoms with Crippen LogP contribution in [0.5, 0.6) is 0 Å². The highest BCUT2D eigenvalue weighted by Gasteiger charge is 2.33. The third kappa shape index (κ3) is 2.82. The molecule has 0 amide bonds. The van der Waals surface area contributed by atoms with E-state index in [0.717, 1.165) is 26.2 Å². The van der Waals surface area contributed by atoms with Crippen LogP contribution in [-0.2, 0) is 16.8 Å². The first kappa shape index (κ1) is 13.8. The summed E-state index contributed by atoms with van der Waals surface area (Å²) in [5.74, 6) is 0. The molecule has 0 spiro atoms. The van der Waals surface area contributed by atoms with Crippen molar-refractivity contribution in [3.05, 3.63) is 47.5 Å². The van der Waals surface area contributed by atoms with Gasteiger partial charge in [0.15, 0.2) is 0 Å². The Morgan fingerprint density at radius 3 is 2.85 bits per heavy atom. The summed E-state index contributed by atoms with van der Waals surface area (Å²) in [7, 11) is 0. The van der Waals surface area contributed by atoms with Gasteiger partial charge >= 0.3 is 0 Å². The van der Waals surface area contributed by atoms with E-state index >= 15 is 0 Å². The van der Waals surface area contributed by atoms with Gasteiger partial charge in [0.2, 0.25) is 0 Å². The molecule has 1 unspecified atom stereocenters. The first-order chi connectivity index (χ1) is 9.67. The molecule has 1 aromatic rings. The molecule has 2 aliphatic heterocycles. The van der Waals surface area contributed by atoms with E-state index in [2.05, 4.69) is 42.7 Å². The number of fused-ring (bicyclic) bond motifs is 1. The Hall–Kier alpha value is -1.12. The van der Waals surface area contributed by atoms with Gasteiger partial charge in [0.25, 0.3) is 0 Å². The molecule has 0 bridgehead atoms. The number of hydrogen-bond donors (Lipinski definition) is 0. The van der Waals surface area contributed by atoms with Crippen LogP contribution in [0.1, 0.15) is 37.3 Å². The second kappa shape index (κ2) is 5.71. The summed E-state index contributed by atoms with van der Waals surface area (Å²) < 4.78 is 5.83. The lowest BCUT2D eigenvalue weighted by Crippen LogP contribution is -2.35. The highest BCUT2D eigenvalue weighted by molar-refractivity contribution is 5.36. The van der Waals surface area contributed by atoms with Crippen LogP contribution in [0.3, 0.4) is 0 Å². The molecule has 3 rings (SSSR count). The Morgan fingerprint density at radius 1 is 1.30 bits per heavy atom. The van der Waals surface area contributed by atoms with Crippen molar-refractivity contribution >= 4 is 0 Å². The van der Waals surface area contributed by atoms with Gasteiger partial charge in [-0.3, -0.25) is 4.90 Å². The number of benzene rings is 1. The van der Waals surface area contributed by atoms with Crippen LogP contribution >= 0.6 is 0 Å². The van der Waals surface area contributed by atoms with Crippen LogP contribution < -0.4 is 0 Å². The Kier molecular flexibility index (Phi) is 3.95. The van der Waals surface area contributed by atoms with Gasteiger partial charge in [0, 0.05) is 12.0 Å². The third-order valence-corrected chi connectivity index (χ3v) is 4.63. The van der Waals surface area contributed by atoms with Crippen LogP contribution in [-0.4, -0.2) is 31.1 Å². The van der Waals surface area contributed by atoms with E-state index in [4.69, 9.17) is 4.74 Å². The topological polar surface area (TPSA) is 12.5 Å². The quantitative estimate of drug-likeness (QED) is 0.777. The van der Waals surface area contributed by atoms with E-state index in [1.54, 1.807) is 0 Å². The summed E-state index contributed by atoms with van der Waals surface area (Å²) >= 11 is 0. The standard InChI is InChI=1S/C18H25NO/c1-15(12-19-9-5-6-10-19)11-18(2)14-20-13-16-7-3-4-8-17(16)18/h3-4,7-8H,1,5-6,9-14H2,2H3. The molecule has 20 heavy (non-hydrogen) atoms. The lowest BCUT2D eigenvalue weighted by atomic mass is 9.75. The zero-order chi connectivity index (χ0) is 14.0. The van der Waals surface area contributed by atoms with Crippen LogP contribution in [0.25, 0.3) is 0 Å². The maximum atomic E-state index is 5.83. The van der Waals surface area contributed by atoms with Crippen LogP contribution in [0.2, 0.25) is 0 Å². The van der Waals surface area contributed by atoms with Crippen molar-refractivity contribution in [2.45, 2.75) is 38.2 Å². The van der Waals surface area contributed by atoms with Crippen molar-refractivity contribution in [2.24, 2.45) is 0 Å². The Morgan fingerprint density at radius 2 is 2.05 bits per heavy atom. The van der Waals surface area contributed by atoms with Crippen molar-refractivity contribution in [3.8, 4) is 0 Å². The highest BCUT2D eigenvalue weighted by Crippen LogP contribution is 2.37. The fraction of sp³-hybridized carbons (Fsp3) is 0.556. The van der Waals surface area contributed by atoms with Gasteiger partial charge in [-0.25, -0.2) is 0 Å². The SMILES string of the molecule is C=C(CN1CCCC1)CC1(C)COCc2ccccc21. The Bertz CT molecular complexity index is 490. The zero-order valence-electron chi connectivity index (χ0n) is 12.5. The molecule has 2 nitrogen and oxygen atoms in total. The van der Waals surface area contributed by atoms with Gasteiger partial charge in [-0.1, -0.05) is 43.3 Å². The number of hydrogen-bond acceptors (Lipinski definition) is 2. The lowest BCUT2D eigenvalue weighted by Gasteiger charge is -2.37. The molecule has 2 heterocycles. The second-order valence-electron chi connectivity index (χ2n) is 6.62. The molecular weight excluding hydrogens is 246 g/mol. The van der Waals surface area contributed by atoms with Gasteiger partial charge in [-0.15, -0.1) is 0 Å². The van der Waals surface area contributed by atoms with Gasteiger partial charge in [-0.2, -0.15) is 0 Å². The zero-order valence-corrected chi connectivity index (χ0v) is 12.5. The van der Waals surface area contributed by atoms with Gasteiger partial charge < -0.3 is 4.74 Å². The van der Waals surface area contributed by atoms with E-state index in [9.17, 15) is 0 Å². The van der Waals surface area contributed by atoms with E-state index in [-0.39, 0.29) is 5.41 Å². The minimum atomic E-state index is 0.0889. The van der Waals surface area contributed by atoms with Crippen molar-refractivity contribution in [2.75, 3.05) is 26.2 Å². The minimum absolute atomic E-state index is 0.0889. The summed E-state index contributed by atoms with van der Waals surface area (Å²) in [5.41, 5.74) is 4.23. The average molecular weight is 271 g/mol. The van der Waals surface area contributed by atoms with Crippen LogP contribution in [0, 0.1) is 0 Å². The lowest BCUT2D eigenvalue weighted by molar-refractivity contribution is 0.0570. The summed E-state index contributed by atoms with van der Waals surface area (Å²) in [6.07, 6.45) is 3.72. The third-order valence-electron chi connectivity index (χ3n) is 4.63. The second-order valence-corrected chi connectivity index (χ2v) is 6.62. The molecule has 0 radical (unpaired) electrons. The van der Waals surface area contributed by atoms with Gasteiger partial charge in [0.1, 0.15) is 0 Å². The van der Waals surface area contributed by atoms with E-state index in [1.165, 1.54) is 42.6 Å². The molecule has 2 aliphatic rings. The van der Waals surface area contributed by atoms with Crippen molar-refractivity contribution in [1.29, 1.82) is 0 Å². The fourth-order valence-electron chi connectivity index (χ4n) is 3.71. The number of nitrogens with zero attached hydrogens (tertiary/aromatic N) is 1. The summed E-state index contributed by atoms with van der Waals surface area (Å²) in [5, 5.41) is 0. The number of likely N-dealkylation sites (tertiary alicyclic amines) is 1. The van der Waals surface area contributed by atoms with Crippen molar-refractivity contribution in [1.82, 2.24) is 4.90 Å². The average Bonchev–Trinajstić information content (AvgIpc) is 2.91. The molecule has 0 N–H and O–H groups in total. The molecule has 1 fully saturated rings. The monoisotopic (exact) mass is 271 g/mol. The predicted octanol–water partition coefficient (Wildman–Crippen LogP) is 3.52. The van der Waals surface area contributed by atoms with E-state index in [1.807, 2.05) is 0 Å². The molecule has 2 heteroatoms. The molecular formula is C18H25NO.